The van der Waals surface area contributed by atoms with Gasteiger partial charge in [-0.3, -0.25) is 9.59 Å². The van der Waals surface area contributed by atoms with Crippen molar-refractivity contribution in [3.05, 3.63) is 104 Å². The predicted octanol–water partition coefficient (Wildman–Crippen LogP) is 5.05. The zero-order valence-electron chi connectivity index (χ0n) is 16.4. The van der Waals surface area contributed by atoms with Crippen LogP contribution >= 0.6 is 11.3 Å². The van der Waals surface area contributed by atoms with E-state index in [9.17, 15) is 9.59 Å². The van der Waals surface area contributed by atoms with Gasteiger partial charge in [-0.2, -0.15) is 0 Å². The molecular weight excluding hydrogens is 380 g/mol. The summed E-state index contributed by atoms with van der Waals surface area (Å²) in [5.74, 6) is -0.0695. The molecule has 0 saturated carbocycles. The Morgan fingerprint density at radius 3 is 2.59 bits per heavy atom. The average Bonchev–Trinajstić information content (AvgIpc) is 3.21. The van der Waals surface area contributed by atoms with E-state index in [0.717, 1.165) is 26.9 Å². The van der Waals surface area contributed by atoms with Gasteiger partial charge in [-0.15, -0.1) is 11.3 Å². The van der Waals surface area contributed by atoms with Crippen LogP contribution in [0.1, 0.15) is 31.9 Å². The van der Waals surface area contributed by atoms with E-state index >= 15 is 0 Å². The highest BCUT2D eigenvalue weighted by molar-refractivity contribution is 7.09. The third-order valence-electron chi connectivity index (χ3n) is 5.03. The van der Waals surface area contributed by atoms with Crippen LogP contribution in [-0.2, 0) is 13.1 Å². The number of benzene rings is 2. The van der Waals surface area contributed by atoms with Gasteiger partial charge in [0.25, 0.3) is 11.5 Å². The van der Waals surface area contributed by atoms with E-state index in [1.54, 1.807) is 16.2 Å². The molecule has 2 aromatic heterocycles. The van der Waals surface area contributed by atoms with Gasteiger partial charge in [0.2, 0.25) is 0 Å². The quantitative estimate of drug-likeness (QED) is 0.508. The summed E-state index contributed by atoms with van der Waals surface area (Å²) in [6.45, 7) is 4.65. The van der Waals surface area contributed by atoms with Crippen LogP contribution < -0.4 is 5.56 Å². The largest absolute Gasteiger partial charge is 0.329 e. The molecule has 4 nitrogen and oxygen atoms in total. The molecule has 5 heteroatoms. The normalized spacial score (nSPS) is 11.0. The third-order valence-corrected chi connectivity index (χ3v) is 5.89. The smallest absolute Gasteiger partial charge is 0.254 e. The number of carbonyl (C=O) groups excluding carboxylic acids is 1. The summed E-state index contributed by atoms with van der Waals surface area (Å²) in [5.41, 5.74) is 3.92. The number of rotatable bonds is 5. The van der Waals surface area contributed by atoms with Crippen molar-refractivity contribution in [2.75, 3.05) is 0 Å². The molecule has 4 rings (SSSR count). The van der Waals surface area contributed by atoms with Crippen LogP contribution in [-0.4, -0.2) is 15.8 Å². The van der Waals surface area contributed by atoms with E-state index in [0.29, 0.717) is 17.7 Å². The fourth-order valence-corrected chi connectivity index (χ4v) is 4.18. The molecule has 0 aliphatic rings. The van der Waals surface area contributed by atoms with Gasteiger partial charge in [-0.1, -0.05) is 36.4 Å². The van der Waals surface area contributed by atoms with Crippen LogP contribution in [0.4, 0.5) is 0 Å². The number of aromatic amines is 1. The first-order valence-electron chi connectivity index (χ1n) is 9.51. The third kappa shape index (κ3) is 4.15. The highest BCUT2D eigenvalue weighted by Crippen LogP contribution is 2.20. The molecule has 146 valence electrons. The van der Waals surface area contributed by atoms with Gasteiger partial charge < -0.3 is 9.88 Å². The van der Waals surface area contributed by atoms with Gasteiger partial charge in [-0.05, 0) is 60.0 Å². The van der Waals surface area contributed by atoms with Crippen molar-refractivity contribution in [1.82, 2.24) is 9.88 Å². The lowest BCUT2D eigenvalue weighted by atomic mass is 10.1. The number of nitrogens with zero attached hydrogens (tertiary/aromatic N) is 1. The molecule has 2 heterocycles. The molecule has 0 atom stereocenters. The molecule has 1 amide bonds. The van der Waals surface area contributed by atoms with Gasteiger partial charge in [0.1, 0.15) is 0 Å². The fourth-order valence-electron chi connectivity index (χ4n) is 3.46. The monoisotopic (exact) mass is 402 g/mol. The lowest BCUT2D eigenvalue weighted by Crippen LogP contribution is -2.32. The molecule has 0 bridgehead atoms. The van der Waals surface area contributed by atoms with Crippen LogP contribution in [0.25, 0.3) is 10.9 Å². The van der Waals surface area contributed by atoms with E-state index in [1.807, 2.05) is 79.9 Å². The first-order valence-corrected chi connectivity index (χ1v) is 10.4. The van der Waals surface area contributed by atoms with Crippen molar-refractivity contribution in [3.8, 4) is 0 Å². The number of hydrogen-bond acceptors (Lipinski definition) is 3. The van der Waals surface area contributed by atoms with Crippen LogP contribution in [0.2, 0.25) is 0 Å². The number of thiophene rings is 1. The Balaban J connectivity index is 1.72. The number of amides is 1. The number of aryl methyl sites for hydroxylation is 2. The van der Waals surface area contributed by atoms with E-state index in [4.69, 9.17) is 0 Å². The molecular formula is C24H22N2O2S. The molecule has 0 unspecified atom stereocenters. The molecule has 4 aromatic rings. The topological polar surface area (TPSA) is 53.2 Å². The minimum Gasteiger partial charge on any atom is -0.329 e. The van der Waals surface area contributed by atoms with Crippen molar-refractivity contribution in [2.24, 2.45) is 0 Å². The zero-order valence-corrected chi connectivity index (χ0v) is 17.3. The molecule has 0 saturated heterocycles. The van der Waals surface area contributed by atoms with Gasteiger partial charge in [0.05, 0.1) is 13.1 Å². The summed E-state index contributed by atoms with van der Waals surface area (Å²) >= 11 is 1.61. The predicted molar refractivity (Wildman–Crippen MR) is 118 cm³/mol. The summed E-state index contributed by atoms with van der Waals surface area (Å²) < 4.78 is 0. The average molecular weight is 403 g/mol. The van der Waals surface area contributed by atoms with E-state index < -0.39 is 0 Å². The SMILES string of the molecule is Cc1ccc2cc(CN(Cc3cccs3)C(=O)c3ccccc3C)c(=O)[nH]c2c1. The Hall–Kier alpha value is -3.18. The Kier molecular flexibility index (Phi) is 5.32. The van der Waals surface area contributed by atoms with Crippen LogP contribution in [0, 0.1) is 13.8 Å². The Bertz CT molecular complexity index is 1230. The number of hydrogen-bond donors (Lipinski definition) is 1. The number of fused-ring (bicyclic) bond motifs is 1. The molecule has 0 radical (unpaired) electrons. The second-order valence-electron chi connectivity index (χ2n) is 7.27. The second kappa shape index (κ2) is 8.05. The molecule has 1 N–H and O–H groups in total. The van der Waals surface area contributed by atoms with Crippen LogP contribution in [0.5, 0.6) is 0 Å². The van der Waals surface area contributed by atoms with Crippen LogP contribution in [0.15, 0.2) is 70.8 Å². The molecule has 2 aromatic carbocycles. The molecule has 0 spiro atoms. The highest BCUT2D eigenvalue weighted by Gasteiger charge is 2.20. The Morgan fingerprint density at radius 2 is 1.83 bits per heavy atom. The number of H-pyrrole nitrogens is 1. The summed E-state index contributed by atoms with van der Waals surface area (Å²) in [5, 5.41) is 2.96. The summed E-state index contributed by atoms with van der Waals surface area (Å²) in [4.78, 5) is 31.8. The second-order valence-corrected chi connectivity index (χ2v) is 8.30. The van der Waals surface area contributed by atoms with Gasteiger partial charge in [0, 0.05) is 21.5 Å². The van der Waals surface area contributed by atoms with Gasteiger partial charge >= 0.3 is 0 Å². The maximum absolute atomic E-state index is 13.3. The standard InChI is InChI=1S/C24H22N2O2S/c1-16-9-10-18-13-19(23(27)25-22(18)12-16)14-26(15-20-7-5-11-29-20)24(28)21-8-4-3-6-17(21)2/h3-13H,14-15H2,1-2H3,(H,25,27). The van der Waals surface area contributed by atoms with Crippen molar-refractivity contribution in [3.63, 3.8) is 0 Å². The molecule has 29 heavy (non-hydrogen) atoms. The lowest BCUT2D eigenvalue weighted by molar-refractivity contribution is 0.0730. The maximum Gasteiger partial charge on any atom is 0.254 e. The highest BCUT2D eigenvalue weighted by atomic mass is 32.1. The summed E-state index contributed by atoms with van der Waals surface area (Å²) in [6.07, 6.45) is 0. The number of pyridine rings is 1. The Labute approximate surface area is 173 Å². The molecule has 0 aliphatic carbocycles. The summed E-state index contributed by atoms with van der Waals surface area (Å²) in [7, 11) is 0. The number of carbonyl (C=O) groups is 1. The Morgan fingerprint density at radius 1 is 1.00 bits per heavy atom. The van der Waals surface area contributed by atoms with Crippen molar-refractivity contribution >= 4 is 28.1 Å². The lowest BCUT2D eigenvalue weighted by Gasteiger charge is -2.23. The van der Waals surface area contributed by atoms with Crippen molar-refractivity contribution < 1.29 is 4.79 Å². The number of aromatic nitrogens is 1. The maximum atomic E-state index is 13.3. The zero-order chi connectivity index (χ0) is 20.4. The fraction of sp³-hybridized carbons (Fsp3) is 0.167. The number of nitrogens with one attached hydrogen (secondary N) is 1. The minimum absolute atomic E-state index is 0.0695. The van der Waals surface area contributed by atoms with E-state index in [1.165, 1.54) is 0 Å². The first-order chi connectivity index (χ1) is 14.0. The molecule has 0 fully saturated rings. The minimum atomic E-state index is -0.156. The van der Waals surface area contributed by atoms with E-state index in [-0.39, 0.29) is 18.0 Å². The van der Waals surface area contributed by atoms with Gasteiger partial charge in [0.15, 0.2) is 0 Å². The summed E-state index contributed by atoms with van der Waals surface area (Å²) in [6, 6.07) is 19.4. The first kappa shape index (κ1) is 19.2. The van der Waals surface area contributed by atoms with E-state index in [2.05, 4.69) is 4.98 Å². The van der Waals surface area contributed by atoms with Crippen molar-refractivity contribution in [2.45, 2.75) is 26.9 Å². The van der Waals surface area contributed by atoms with Gasteiger partial charge in [-0.25, -0.2) is 0 Å². The van der Waals surface area contributed by atoms with Crippen LogP contribution in [0.3, 0.4) is 0 Å². The molecule has 0 aliphatic heterocycles. The van der Waals surface area contributed by atoms with Crippen molar-refractivity contribution in [1.29, 1.82) is 0 Å².